The van der Waals surface area contributed by atoms with Crippen molar-refractivity contribution in [1.29, 1.82) is 0 Å². The van der Waals surface area contributed by atoms with Crippen LogP contribution in [0.15, 0.2) is 30.4 Å². The molecule has 1 aromatic rings. The van der Waals surface area contributed by atoms with E-state index in [0.717, 1.165) is 11.8 Å². The number of nitro groups is 1. The summed E-state index contributed by atoms with van der Waals surface area (Å²) in [6.45, 7) is 0.584. The molecule has 98 valence electrons. The van der Waals surface area contributed by atoms with Crippen LogP contribution in [0.2, 0.25) is 5.15 Å². The minimum absolute atomic E-state index is 0.453. The Balaban J connectivity index is 2.49. The number of pyridine rings is 1. The normalized spacial score (nSPS) is 11.2. The molecule has 0 amide bonds. The SMILES string of the molecule is CN(C)/C(=C/[N+](=O)[O-])NCCc1ccc(Cl)nc1. The maximum Gasteiger partial charge on any atom is 0.274 e. The van der Waals surface area contributed by atoms with Crippen molar-refractivity contribution in [3.8, 4) is 0 Å². The third-order valence-corrected chi connectivity index (χ3v) is 2.44. The summed E-state index contributed by atoms with van der Waals surface area (Å²) >= 11 is 5.68. The third-order valence-electron chi connectivity index (χ3n) is 2.22. The van der Waals surface area contributed by atoms with Gasteiger partial charge in [0, 0.05) is 26.8 Å². The van der Waals surface area contributed by atoms with E-state index in [1.165, 1.54) is 0 Å². The van der Waals surface area contributed by atoms with Crippen LogP contribution in [0.5, 0.6) is 0 Å². The van der Waals surface area contributed by atoms with Crippen molar-refractivity contribution in [3.05, 3.63) is 51.2 Å². The van der Waals surface area contributed by atoms with E-state index in [9.17, 15) is 10.1 Å². The molecular formula is C11H15ClN4O2. The summed E-state index contributed by atoms with van der Waals surface area (Å²) in [5, 5.41) is 13.9. The quantitative estimate of drug-likeness (QED) is 0.482. The Morgan fingerprint density at radius 1 is 1.61 bits per heavy atom. The lowest BCUT2D eigenvalue weighted by molar-refractivity contribution is -0.404. The molecular weight excluding hydrogens is 256 g/mol. The topological polar surface area (TPSA) is 71.3 Å². The van der Waals surface area contributed by atoms with Gasteiger partial charge in [-0.25, -0.2) is 4.98 Å². The molecule has 0 aliphatic rings. The Hall–Kier alpha value is -1.82. The Bertz CT molecular complexity index is 431. The van der Waals surface area contributed by atoms with E-state index < -0.39 is 4.92 Å². The van der Waals surface area contributed by atoms with Gasteiger partial charge >= 0.3 is 0 Å². The molecule has 0 radical (unpaired) electrons. The van der Waals surface area contributed by atoms with Crippen LogP contribution in [0.25, 0.3) is 0 Å². The average molecular weight is 271 g/mol. The molecule has 0 atom stereocenters. The molecule has 7 heteroatoms. The first-order valence-electron chi connectivity index (χ1n) is 5.36. The van der Waals surface area contributed by atoms with Gasteiger partial charge in [0.05, 0.1) is 4.92 Å². The summed E-state index contributed by atoms with van der Waals surface area (Å²) in [6.07, 6.45) is 3.35. The first-order valence-corrected chi connectivity index (χ1v) is 5.74. The fourth-order valence-corrected chi connectivity index (χ4v) is 1.42. The Kier molecular flexibility index (Phi) is 5.38. The smallest absolute Gasteiger partial charge is 0.274 e. The van der Waals surface area contributed by atoms with Gasteiger partial charge in [-0.2, -0.15) is 0 Å². The fourth-order valence-electron chi connectivity index (χ4n) is 1.31. The van der Waals surface area contributed by atoms with Crippen LogP contribution >= 0.6 is 11.6 Å². The molecule has 1 rings (SSSR count). The van der Waals surface area contributed by atoms with Gasteiger partial charge in [-0.15, -0.1) is 0 Å². The second-order valence-corrected chi connectivity index (χ2v) is 4.25. The number of nitrogens with one attached hydrogen (secondary N) is 1. The van der Waals surface area contributed by atoms with E-state index >= 15 is 0 Å². The van der Waals surface area contributed by atoms with Crippen molar-refractivity contribution in [3.63, 3.8) is 0 Å². The zero-order chi connectivity index (χ0) is 13.5. The van der Waals surface area contributed by atoms with Crippen molar-refractivity contribution in [2.24, 2.45) is 0 Å². The maximum absolute atomic E-state index is 10.4. The van der Waals surface area contributed by atoms with Crippen molar-refractivity contribution in [2.75, 3.05) is 20.6 Å². The lowest BCUT2D eigenvalue weighted by atomic mass is 10.2. The second kappa shape index (κ2) is 6.80. The molecule has 0 saturated carbocycles. The van der Waals surface area contributed by atoms with E-state index in [0.29, 0.717) is 23.9 Å². The van der Waals surface area contributed by atoms with Crippen molar-refractivity contribution >= 4 is 11.6 Å². The van der Waals surface area contributed by atoms with Gasteiger partial charge in [-0.05, 0) is 18.1 Å². The maximum atomic E-state index is 10.4. The second-order valence-electron chi connectivity index (χ2n) is 3.86. The molecule has 18 heavy (non-hydrogen) atoms. The van der Waals surface area contributed by atoms with Crippen LogP contribution in [0.3, 0.4) is 0 Å². The average Bonchev–Trinajstić information content (AvgIpc) is 2.29. The van der Waals surface area contributed by atoms with Gasteiger partial charge in [0.15, 0.2) is 5.82 Å². The molecule has 1 aromatic heterocycles. The predicted molar refractivity (Wildman–Crippen MR) is 69.7 cm³/mol. The molecule has 0 saturated heterocycles. The van der Waals surface area contributed by atoms with Crippen LogP contribution in [0.1, 0.15) is 5.56 Å². The molecule has 0 aromatic carbocycles. The highest BCUT2D eigenvalue weighted by atomic mass is 35.5. The highest BCUT2D eigenvalue weighted by Crippen LogP contribution is 2.05. The standard InChI is InChI=1S/C11H15ClN4O2/c1-15(2)11(8-16(17)18)13-6-5-9-3-4-10(12)14-7-9/h3-4,7-8,13H,5-6H2,1-2H3/b11-8+. The monoisotopic (exact) mass is 270 g/mol. The number of nitrogens with zero attached hydrogens (tertiary/aromatic N) is 3. The highest BCUT2D eigenvalue weighted by Gasteiger charge is 2.04. The summed E-state index contributed by atoms with van der Waals surface area (Å²) in [4.78, 5) is 15.6. The molecule has 6 nitrogen and oxygen atoms in total. The Labute approximate surface area is 110 Å². The lowest BCUT2D eigenvalue weighted by Gasteiger charge is -2.16. The van der Waals surface area contributed by atoms with Crippen LogP contribution in [-0.4, -0.2) is 35.4 Å². The summed E-state index contributed by atoms with van der Waals surface area (Å²) < 4.78 is 0. The van der Waals surface area contributed by atoms with Crippen LogP contribution < -0.4 is 5.32 Å². The molecule has 0 unspecified atom stereocenters. The van der Waals surface area contributed by atoms with E-state index in [-0.39, 0.29) is 0 Å². The minimum Gasteiger partial charge on any atom is -0.366 e. The van der Waals surface area contributed by atoms with Gasteiger partial charge in [0.2, 0.25) is 0 Å². The number of hydrogen-bond acceptors (Lipinski definition) is 5. The molecule has 0 fully saturated rings. The predicted octanol–water partition coefficient (Wildman–Crippen LogP) is 1.50. The van der Waals surface area contributed by atoms with Crippen molar-refractivity contribution in [1.82, 2.24) is 15.2 Å². The van der Waals surface area contributed by atoms with Crippen LogP contribution in [-0.2, 0) is 6.42 Å². The van der Waals surface area contributed by atoms with Gasteiger partial charge in [0.25, 0.3) is 6.20 Å². The zero-order valence-electron chi connectivity index (χ0n) is 10.3. The van der Waals surface area contributed by atoms with Crippen molar-refractivity contribution < 1.29 is 4.92 Å². The van der Waals surface area contributed by atoms with E-state index in [1.54, 1.807) is 31.3 Å². The first kappa shape index (κ1) is 14.2. The summed E-state index contributed by atoms with van der Waals surface area (Å²) in [5.41, 5.74) is 1.02. The molecule has 0 aliphatic carbocycles. The number of rotatable bonds is 6. The summed E-state index contributed by atoms with van der Waals surface area (Å²) in [6, 6.07) is 3.60. The van der Waals surface area contributed by atoms with Gasteiger partial charge in [-0.3, -0.25) is 10.1 Å². The number of aromatic nitrogens is 1. The van der Waals surface area contributed by atoms with Gasteiger partial charge in [-0.1, -0.05) is 17.7 Å². The molecule has 0 bridgehead atoms. The van der Waals surface area contributed by atoms with Crippen LogP contribution in [0, 0.1) is 10.1 Å². The lowest BCUT2D eigenvalue weighted by Crippen LogP contribution is -2.28. The summed E-state index contributed by atoms with van der Waals surface area (Å²) in [5.74, 6) is 0.460. The Morgan fingerprint density at radius 3 is 2.83 bits per heavy atom. The van der Waals surface area contributed by atoms with E-state index in [1.807, 2.05) is 6.07 Å². The fraction of sp³-hybridized carbons (Fsp3) is 0.364. The molecule has 1 N–H and O–H groups in total. The largest absolute Gasteiger partial charge is 0.366 e. The first-order chi connectivity index (χ1) is 8.49. The van der Waals surface area contributed by atoms with E-state index in [2.05, 4.69) is 10.3 Å². The summed E-state index contributed by atoms with van der Waals surface area (Å²) in [7, 11) is 3.48. The van der Waals surface area contributed by atoms with Crippen molar-refractivity contribution in [2.45, 2.75) is 6.42 Å². The molecule has 0 aliphatic heterocycles. The van der Waals surface area contributed by atoms with Crippen LogP contribution in [0.4, 0.5) is 0 Å². The minimum atomic E-state index is -0.480. The molecule has 1 heterocycles. The number of halogens is 1. The zero-order valence-corrected chi connectivity index (χ0v) is 11.0. The van der Waals surface area contributed by atoms with Gasteiger partial charge < -0.3 is 10.2 Å². The van der Waals surface area contributed by atoms with Gasteiger partial charge in [0.1, 0.15) is 5.15 Å². The van der Waals surface area contributed by atoms with E-state index in [4.69, 9.17) is 11.6 Å². The Morgan fingerprint density at radius 2 is 2.33 bits per heavy atom. The third kappa shape index (κ3) is 5.01. The number of hydrogen-bond donors (Lipinski definition) is 1. The molecule has 0 spiro atoms. The highest BCUT2D eigenvalue weighted by molar-refractivity contribution is 6.29.